The number of nitrogens with zero attached hydrogens (tertiary/aromatic N) is 4. The first-order valence-electron chi connectivity index (χ1n) is 10.1. The number of likely N-dealkylation sites (tertiary alicyclic amines) is 2. The third kappa shape index (κ3) is 3.28. The number of aromatic nitrogens is 2. The molecule has 0 bridgehead atoms. The summed E-state index contributed by atoms with van der Waals surface area (Å²) in [5.41, 5.74) is 2.83. The molecule has 2 saturated heterocycles. The summed E-state index contributed by atoms with van der Waals surface area (Å²) >= 11 is 0. The fourth-order valence-electron chi connectivity index (χ4n) is 5.42. The maximum atomic E-state index is 4.38. The van der Waals surface area contributed by atoms with Gasteiger partial charge in [-0.3, -0.25) is 9.97 Å². The molecule has 138 valence electrons. The molecule has 26 heavy (non-hydrogen) atoms. The molecule has 4 heteroatoms. The van der Waals surface area contributed by atoms with E-state index in [0.29, 0.717) is 12.1 Å². The average molecular weight is 353 g/mol. The molecule has 4 nitrogen and oxygen atoms in total. The standard InChI is InChI=1S/C22H32N4/c1-25(13-5-9-21(25)19-7-3-11-23-17-19)15-16-26(2)14-6-10-22(26)20-8-4-12-24-18-20/h3-4,7-8,11-12,17-18,21-22H,5-6,9-10,13-16H2,1-2H3/q+2. The molecule has 0 N–H and O–H groups in total. The number of pyridine rings is 2. The zero-order valence-corrected chi connectivity index (χ0v) is 16.2. The molecule has 0 spiro atoms. The van der Waals surface area contributed by atoms with Crippen LogP contribution in [-0.2, 0) is 0 Å². The lowest BCUT2D eigenvalue weighted by molar-refractivity contribution is -0.980. The molecule has 4 heterocycles. The molecule has 4 unspecified atom stereocenters. The van der Waals surface area contributed by atoms with Crippen molar-refractivity contribution in [2.75, 3.05) is 40.3 Å². The van der Waals surface area contributed by atoms with Gasteiger partial charge in [-0.25, -0.2) is 0 Å². The van der Waals surface area contributed by atoms with E-state index in [2.05, 4.69) is 60.7 Å². The highest BCUT2D eigenvalue weighted by Crippen LogP contribution is 2.40. The Hall–Kier alpha value is -1.78. The molecule has 0 saturated carbocycles. The smallest absolute Gasteiger partial charge is 0.129 e. The van der Waals surface area contributed by atoms with Gasteiger partial charge in [-0.1, -0.05) is 12.1 Å². The second kappa shape index (κ2) is 7.09. The van der Waals surface area contributed by atoms with Crippen molar-refractivity contribution in [1.29, 1.82) is 0 Å². The third-order valence-electron chi connectivity index (χ3n) is 7.06. The van der Waals surface area contributed by atoms with Crippen molar-refractivity contribution in [3.8, 4) is 0 Å². The highest BCUT2D eigenvalue weighted by Gasteiger charge is 2.44. The minimum Gasteiger partial charge on any atom is -0.315 e. The molecular formula is C22H32N4+2. The molecule has 2 aromatic heterocycles. The van der Waals surface area contributed by atoms with Crippen LogP contribution in [-0.4, -0.2) is 59.2 Å². The largest absolute Gasteiger partial charge is 0.315 e. The maximum absolute atomic E-state index is 4.38. The zero-order valence-electron chi connectivity index (χ0n) is 16.2. The first kappa shape index (κ1) is 17.6. The van der Waals surface area contributed by atoms with Crippen molar-refractivity contribution in [1.82, 2.24) is 9.97 Å². The van der Waals surface area contributed by atoms with Crippen LogP contribution in [0.2, 0.25) is 0 Å². The summed E-state index contributed by atoms with van der Waals surface area (Å²) in [4.78, 5) is 8.75. The van der Waals surface area contributed by atoms with Crippen LogP contribution in [0.4, 0.5) is 0 Å². The van der Waals surface area contributed by atoms with Gasteiger partial charge in [0.05, 0.1) is 27.2 Å². The summed E-state index contributed by atoms with van der Waals surface area (Å²) in [6.07, 6.45) is 13.2. The molecule has 0 aliphatic carbocycles. The quantitative estimate of drug-likeness (QED) is 0.766. The first-order chi connectivity index (χ1) is 12.6. The zero-order chi connectivity index (χ0) is 18.0. The van der Waals surface area contributed by atoms with E-state index < -0.39 is 0 Å². The van der Waals surface area contributed by atoms with E-state index in [1.807, 2.05) is 12.4 Å². The Labute approximate surface area is 157 Å². The van der Waals surface area contributed by atoms with Gasteiger partial charge in [-0.05, 0) is 12.1 Å². The molecule has 2 aliphatic heterocycles. The van der Waals surface area contributed by atoms with Crippen molar-refractivity contribution in [3.05, 3.63) is 60.2 Å². The van der Waals surface area contributed by atoms with Crippen molar-refractivity contribution >= 4 is 0 Å². The van der Waals surface area contributed by atoms with Crippen LogP contribution in [0.3, 0.4) is 0 Å². The van der Waals surface area contributed by atoms with Gasteiger partial charge >= 0.3 is 0 Å². The second-order valence-corrected chi connectivity index (χ2v) is 8.74. The number of likely N-dealkylation sites (N-methyl/N-ethyl adjacent to an activating group) is 2. The lowest BCUT2D eigenvalue weighted by atomic mass is 10.0. The van der Waals surface area contributed by atoms with Crippen LogP contribution in [0.5, 0.6) is 0 Å². The van der Waals surface area contributed by atoms with Crippen LogP contribution in [0.15, 0.2) is 49.1 Å². The van der Waals surface area contributed by atoms with Gasteiger partial charge in [0.25, 0.3) is 0 Å². The highest BCUT2D eigenvalue weighted by molar-refractivity contribution is 5.14. The van der Waals surface area contributed by atoms with Gasteiger partial charge in [-0.15, -0.1) is 0 Å². The second-order valence-electron chi connectivity index (χ2n) is 8.74. The summed E-state index contributed by atoms with van der Waals surface area (Å²) < 4.78 is 2.33. The molecule has 0 amide bonds. The van der Waals surface area contributed by atoms with E-state index in [1.54, 1.807) is 0 Å². The minimum atomic E-state index is 0.606. The van der Waals surface area contributed by atoms with E-state index in [9.17, 15) is 0 Å². The van der Waals surface area contributed by atoms with Crippen molar-refractivity contribution < 1.29 is 8.97 Å². The molecule has 2 fully saturated rings. The van der Waals surface area contributed by atoms with Crippen LogP contribution < -0.4 is 0 Å². The average Bonchev–Trinajstić information content (AvgIpc) is 3.25. The predicted molar refractivity (Wildman–Crippen MR) is 104 cm³/mol. The van der Waals surface area contributed by atoms with Gasteiger partial charge in [-0.2, -0.15) is 0 Å². The normalized spacial score (nSPS) is 34.2. The van der Waals surface area contributed by atoms with E-state index in [-0.39, 0.29) is 0 Å². The van der Waals surface area contributed by atoms with Crippen molar-refractivity contribution in [2.45, 2.75) is 37.8 Å². The summed E-state index contributed by atoms with van der Waals surface area (Å²) in [5, 5.41) is 0. The number of hydrogen-bond donors (Lipinski definition) is 0. The summed E-state index contributed by atoms with van der Waals surface area (Å²) in [6.45, 7) is 5.06. The lowest BCUT2D eigenvalue weighted by Gasteiger charge is -2.42. The maximum Gasteiger partial charge on any atom is 0.129 e. The number of rotatable bonds is 5. The van der Waals surface area contributed by atoms with Gasteiger partial charge in [0.1, 0.15) is 25.2 Å². The van der Waals surface area contributed by atoms with E-state index in [4.69, 9.17) is 0 Å². The van der Waals surface area contributed by atoms with Crippen molar-refractivity contribution in [2.24, 2.45) is 0 Å². The van der Waals surface area contributed by atoms with E-state index >= 15 is 0 Å². The van der Waals surface area contributed by atoms with Crippen molar-refractivity contribution in [3.63, 3.8) is 0 Å². The predicted octanol–water partition coefficient (Wildman–Crippen LogP) is 3.74. The van der Waals surface area contributed by atoms with E-state index in [1.165, 1.54) is 72.0 Å². The van der Waals surface area contributed by atoms with Crippen LogP contribution in [0.1, 0.15) is 48.9 Å². The van der Waals surface area contributed by atoms with Gasteiger partial charge < -0.3 is 8.97 Å². The molecule has 2 aromatic rings. The summed E-state index contributed by atoms with van der Waals surface area (Å²) in [5.74, 6) is 0. The van der Waals surface area contributed by atoms with Gasteiger partial charge in [0.15, 0.2) is 0 Å². The molecule has 0 aromatic carbocycles. The lowest BCUT2D eigenvalue weighted by Crippen LogP contribution is -2.53. The molecule has 4 atom stereocenters. The highest BCUT2D eigenvalue weighted by atomic mass is 15.4. The Morgan fingerprint density at radius 3 is 1.65 bits per heavy atom. The Morgan fingerprint density at radius 1 is 0.808 bits per heavy atom. The molecule has 0 radical (unpaired) electrons. The number of quaternary nitrogens is 2. The number of hydrogen-bond acceptors (Lipinski definition) is 2. The summed E-state index contributed by atoms with van der Waals surface area (Å²) in [7, 11) is 4.93. The fraction of sp³-hybridized carbons (Fsp3) is 0.545. The first-order valence-corrected chi connectivity index (χ1v) is 10.1. The Morgan fingerprint density at radius 2 is 1.27 bits per heavy atom. The SMILES string of the molecule is C[N+]1(CC[N+]2(C)CCCC2c2cccnc2)CCCC1c1cccnc1. The third-order valence-corrected chi connectivity index (χ3v) is 7.06. The minimum absolute atomic E-state index is 0.606. The fourth-order valence-corrected chi connectivity index (χ4v) is 5.42. The van der Waals surface area contributed by atoms with Crippen LogP contribution in [0.25, 0.3) is 0 Å². The molecule has 2 aliphatic rings. The van der Waals surface area contributed by atoms with Crippen LogP contribution >= 0.6 is 0 Å². The Balaban J connectivity index is 1.50. The van der Waals surface area contributed by atoms with Gasteiger partial charge in [0, 0.05) is 61.6 Å². The van der Waals surface area contributed by atoms with Gasteiger partial charge in [0.2, 0.25) is 0 Å². The monoisotopic (exact) mass is 352 g/mol. The topological polar surface area (TPSA) is 25.8 Å². The molecular weight excluding hydrogens is 320 g/mol. The Bertz CT molecular complexity index is 656. The van der Waals surface area contributed by atoms with Crippen LogP contribution in [0, 0.1) is 0 Å². The summed E-state index contributed by atoms with van der Waals surface area (Å²) in [6, 6.07) is 9.92. The molecule has 4 rings (SSSR count). The van der Waals surface area contributed by atoms with E-state index in [0.717, 1.165) is 0 Å². The Kier molecular flexibility index (Phi) is 4.80.